The monoisotopic (exact) mass is 390 g/mol. The molecule has 0 aliphatic carbocycles. The molecule has 0 unspecified atom stereocenters. The molecular formula is C21H34N4OS. The molecule has 0 radical (unpaired) electrons. The number of hydrogen-bond acceptors (Lipinski definition) is 5. The van der Waals surface area contributed by atoms with Gasteiger partial charge in [-0.25, -0.2) is 9.98 Å². The molecule has 27 heavy (non-hydrogen) atoms. The van der Waals surface area contributed by atoms with E-state index in [1.54, 1.807) is 22.6 Å². The SMILES string of the molecule is CCCC.CCCCCN(C=O)C=Nc1c(C)sc2nccc(N(C)C)c12. The quantitative estimate of drug-likeness (QED) is 0.236. The van der Waals surface area contributed by atoms with E-state index in [1.165, 1.54) is 12.8 Å². The van der Waals surface area contributed by atoms with Gasteiger partial charge in [0, 0.05) is 31.7 Å². The van der Waals surface area contributed by atoms with Crippen molar-refractivity contribution in [3.8, 4) is 0 Å². The first-order chi connectivity index (χ1) is 13.0. The molecule has 0 fully saturated rings. The van der Waals surface area contributed by atoms with Crippen molar-refractivity contribution >= 4 is 45.7 Å². The van der Waals surface area contributed by atoms with E-state index in [9.17, 15) is 4.79 Å². The molecule has 0 aliphatic heterocycles. The topological polar surface area (TPSA) is 48.8 Å². The van der Waals surface area contributed by atoms with Crippen LogP contribution >= 0.6 is 11.3 Å². The summed E-state index contributed by atoms with van der Waals surface area (Å²) < 4.78 is 0. The third kappa shape index (κ3) is 6.94. The standard InChI is InChI=1S/C17H24N4OS.C4H10/c1-5-6-7-10-21(12-22)11-19-16-13(2)23-17-15(16)14(20(3)4)8-9-18-17;1-3-4-2/h8-9,11-12H,5-7,10H2,1-4H3;3-4H2,1-2H3. The predicted molar refractivity (Wildman–Crippen MR) is 120 cm³/mol. The summed E-state index contributed by atoms with van der Waals surface area (Å²) in [6, 6.07) is 1.99. The third-order valence-electron chi connectivity index (χ3n) is 4.19. The number of carbonyl (C=O) groups excluding carboxylic acids is 1. The Morgan fingerprint density at radius 3 is 2.41 bits per heavy atom. The van der Waals surface area contributed by atoms with Crippen molar-refractivity contribution in [3.63, 3.8) is 0 Å². The Morgan fingerprint density at radius 1 is 1.15 bits per heavy atom. The largest absolute Gasteiger partial charge is 0.377 e. The van der Waals surface area contributed by atoms with Crippen molar-refractivity contribution in [1.82, 2.24) is 9.88 Å². The van der Waals surface area contributed by atoms with Gasteiger partial charge >= 0.3 is 0 Å². The number of pyridine rings is 1. The zero-order chi connectivity index (χ0) is 20.2. The van der Waals surface area contributed by atoms with Gasteiger partial charge in [0.1, 0.15) is 4.83 Å². The van der Waals surface area contributed by atoms with Crippen molar-refractivity contribution in [2.24, 2.45) is 4.99 Å². The lowest BCUT2D eigenvalue weighted by Gasteiger charge is -2.14. The third-order valence-corrected chi connectivity index (χ3v) is 5.19. The fourth-order valence-electron chi connectivity index (χ4n) is 2.44. The van der Waals surface area contributed by atoms with Gasteiger partial charge in [-0.2, -0.15) is 0 Å². The van der Waals surface area contributed by atoms with Crippen LogP contribution in [0.2, 0.25) is 0 Å². The van der Waals surface area contributed by atoms with Crippen LogP contribution in [0.15, 0.2) is 17.3 Å². The molecule has 2 aromatic rings. The number of amides is 1. The Bertz CT molecular complexity index is 722. The molecule has 2 heterocycles. The van der Waals surface area contributed by atoms with Crippen LogP contribution in [0, 0.1) is 6.92 Å². The van der Waals surface area contributed by atoms with Gasteiger partial charge in [0.15, 0.2) is 0 Å². The van der Waals surface area contributed by atoms with Gasteiger partial charge in [-0.3, -0.25) is 4.79 Å². The second-order valence-electron chi connectivity index (χ2n) is 6.71. The normalized spacial score (nSPS) is 10.7. The van der Waals surface area contributed by atoms with E-state index in [0.717, 1.165) is 52.1 Å². The van der Waals surface area contributed by atoms with Gasteiger partial charge in [-0.15, -0.1) is 11.3 Å². The Labute approximate surface area is 168 Å². The minimum atomic E-state index is 0.709. The van der Waals surface area contributed by atoms with Crippen LogP contribution in [0.3, 0.4) is 0 Å². The summed E-state index contributed by atoms with van der Waals surface area (Å²) in [4.78, 5) is 26.0. The van der Waals surface area contributed by atoms with Gasteiger partial charge in [0.2, 0.25) is 6.41 Å². The number of carbonyl (C=O) groups is 1. The number of hydrogen-bond donors (Lipinski definition) is 0. The average molecular weight is 391 g/mol. The molecule has 0 saturated heterocycles. The highest BCUT2D eigenvalue weighted by atomic mass is 32.1. The second kappa shape index (κ2) is 12.4. The molecule has 0 spiro atoms. The highest BCUT2D eigenvalue weighted by Crippen LogP contribution is 2.41. The van der Waals surface area contributed by atoms with Crippen molar-refractivity contribution in [3.05, 3.63) is 17.1 Å². The molecule has 0 bridgehead atoms. The molecule has 0 aromatic carbocycles. The lowest BCUT2D eigenvalue weighted by Crippen LogP contribution is -2.21. The summed E-state index contributed by atoms with van der Waals surface area (Å²) >= 11 is 1.63. The van der Waals surface area contributed by atoms with Crippen molar-refractivity contribution in [2.75, 3.05) is 25.5 Å². The van der Waals surface area contributed by atoms with E-state index < -0.39 is 0 Å². The van der Waals surface area contributed by atoms with Crippen LogP contribution in [0.1, 0.15) is 57.8 Å². The van der Waals surface area contributed by atoms with Crippen molar-refractivity contribution in [1.29, 1.82) is 0 Å². The van der Waals surface area contributed by atoms with Crippen LogP contribution in [0.25, 0.3) is 10.2 Å². The lowest BCUT2D eigenvalue weighted by molar-refractivity contribution is -0.114. The summed E-state index contributed by atoms with van der Waals surface area (Å²) in [5, 5.41) is 1.05. The predicted octanol–water partition coefficient (Wildman–Crippen LogP) is 5.79. The van der Waals surface area contributed by atoms with Crippen molar-refractivity contribution < 1.29 is 4.79 Å². The number of anilines is 1. The Hall–Kier alpha value is -1.95. The lowest BCUT2D eigenvalue weighted by atomic mass is 10.2. The fraction of sp³-hybridized carbons (Fsp3) is 0.571. The first-order valence-electron chi connectivity index (χ1n) is 9.80. The first kappa shape index (κ1) is 23.1. The van der Waals surface area contributed by atoms with E-state index in [4.69, 9.17) is 0 Å². The second-order valence-corrected chi connectivity index (χ2v) is 7.91. The molecule has 0 aliphatic rings. The molecule has 150 valence electrons. The van der Waals surface area contributed by atoms with Gasteiger partial charge in [0.25, 0.3) is 0 Å². The molecule has 0 N–H and O–H groups in total. The van der Waals surface area contributed by atoms with Gasteiger partial charge < -0.3 is 9.80 Å². The zero-order valence-electron chi connectivity index (χ0n) is 17.7. The number of aryl methyl sites for hydroxylation is 1. The fourth-order valence-corrected chi connectivity index (χ4v) is 3.40. The van der Waals surface area contributed by atoms with Crippen LogP contribution in [0.5, 0.6) is 0 Å². The van der Waals surface area contributed by atoms with E-state index >= 15 is 0 Å². The van der Waals surface area contributed by atoms with Crippen LogP contribution < -0.4 is 4.90 Å². The Balaban J connectivity index is 0.000000828. The molecule has 2 aromatic heterocycles. The molecule has 0 atom stereocenters. The summed E-state index contributed by atoms with van der Waals surface area (Å²) in [7, 11) is 4.02. The highest BCUT2D eigenvalue weighted by Gasteiger charge is 2.14. The maximum absolute atomic E-state index is 11.2. The summed E-state index contributed by atoms with van der Waals surface area (Å²) in [6.07, 6.45) is 10.2. The van der Waals surface area contributed by atoms with Crippen LogP contribution in [-0.2, 0) is 4.79 Å². The molecule has 0 saturated carbocycles. The summed E-state index contributed by atoms with van der Waals surface area (Å²) in [6.45, 7) is 9.26. The minimum absolute atomic E-state index is 0.709. The average Bonchev–Trinajstić information content (AvgIpc) is 2.99. The van der Waals surface area contributed by atoms with Crippen LogP contribution in [-0.4, -0.2) is 43.3 Å². The highest BCUT2D eigenvalue weighted by molar-refractivity contribution is 7.19. The molecule has 1 amide bonds. The Kier molecular flexibility index (Phi) is 10.6. The van der Waals surface area contributed by atoms with E-state index in [-0.39, 0.29) is 0 Å². The molecule has 5 nitrogen and oxygen atoms in total. The van der Waals surface area contributed by atoms with Gasteiger partial charge in [-0.05, 0) is 19.4 Å². The van der Waals surface area contributed by atoms with E-state index in [1.807, 2.05) is 33.3 Å². The van der Waals surface area contributed by atoms with Crippen molar-refractivity contribution in [2.45, 2.75) is 59.8 Å². The number of thiophene rings is 1. The van der Waals surface area contributed by atoms with E-state index in [0.29, 0.717) is 6.54 Å². The van der Waals surface area contributed by atoms with Crippen LogP contribution in [0.4, 0.5) is 11.4 Å². The Morgan fingerprint density at radius 2 is 1.85 bits per heavy atom. The summed E-state index contributed by atoms with van der Waals surface area (Å²) in [5.74, 6) is 0. The molecule has 2 rings (SSSR count). The van der Waals surface area contributed by atoms with Gasteiger partial charge in [0.05, 0.1) is 23.1 Å². The number of nitrogens with zero attached hydrogens (tertiary/aromatic N) is 4. The number of rotatable bonds is 9. The molecular weight excluding hydrogens is 356 g/mol. The number of aromatic nitrogens is 1. The maximum Gasteiger partial charge on any atom is 0.214 e. The number of unbranched alkanes of at least 4 members (excludes halogenated alkanes) is 3. The maximum atomic E-state index is 11.2. The number of fused-ring (bicyclic) bond motifs is 1. The first-order valence-corrected chi connectivity index (χ1v) is 10.6. The zero-order valence-corrected chi connectivity index (χ0v) is 18.5. The minimum Gasteiger partial charge on any atom is -0.377 e. The molecule has 6 heteroatoms. The smallest absolute Gasteiger partial charge is 0.214 e. The van der Waals surface area contributed by atoms with Gasteiger partial charge in [-0.1, -0.05) is 46.5 Å². The summed E-state index contributed by atoms with van der Waals surface area (Å²) in [5.41, 5.74) is 2.00. The van der Waals surface area contributed by atoms with E-state index in [2.05, 4.69) is 35.6 Å². The number of aliphatic imine (C=N–C) groups is 1.